The van der Waals surface area contributed by atoms with Gasteiger partial charge in [0.1, 0.15) is 10.4 Å². The fraction of sp³-hybridized carbons (Fsp3) is 0.143. The molecule has 0 aliphatic heterocycles. The molecule has 0 bridgehead atoms. The molecular formula is C14H10Cl2O. The topological polar surface area (TPSA) is 20.2 Å². The summed E-state index contributed by atoms with van der Waals surface area (Å²) in [6, 6.07) is 15.3. The van der Waals surface area contributed by atoms with Gasteiger partial charge in [0, 0.05) is 0 Å². The van der Waals surface area contributed by atoms with Gasteiger partial charge in [0.15, 0.2) is 0 Å². The van der Waals surface area contributed by atoms with Gasteiger partial charge in [-0.3, -0.25) is 0 Å². The molecule has 0 saturated heterocycles. The molecule has 1 N–H and O–H groups in total. The lowest BCUT2D eigenvalue weighted by atomic mass is 9.93. The van der Waals surface area contributed by atoms with E-state index in [1.54, 1.807) is 0 Å². The molecule has 86 valence electrons. The quantitative estimate of drug-likeness (QED) is 0.779. The molecule has 0 saturated carbocycles. The first kappa shape index (κ1) is 11.1. The largest absolute Gasteiger partial charge is 0.377 e. The van der Waals surface area contributed by atoms with Gasteiger partial charge in [-0.2, -0.15) is 0 Å². The van der Waals surface area contributed by atoms with Crippen LogP contribution < -0.4 is 0 Å². The van der Waals surface area contributed by atoms with Gasteiger partial charge in [-0.25, -0.2) is 0 Å². The number of alkyl halides is 2. The third-order valence-electron chi connectivity index (χ3n) is 3.28. The van der Waals surface area contributed by atoms with Gasteiger partial charge in [0.05, 0.1) is 0 Å². The van der Waals surface area contributed by atoms with Gasteiger partial charge in [-0.1, -0.05) is 48.5 Å². The Morgan fingerprint density at radius 2 is 1.24 bits per heavy atom. The number of hydrogen-bond acceptors (Lipinski definition) is 1. The fourth-order valence-corrected chi connectivity index (χ4v) is 2.95. The minimum absolute atomic E-state index is 0.774. The highest BCUT2D eigenvalue weighted by Crippen LogP contribution is 2.51. The van der Waals surface area contributed by atoms with Gasteiger partial charge in [0.2, 0.25) is 0 Å². The zero-order valence-electron chi connectivity index (χ0n) is 8.90. The van der Waals surface area contributed by atoms with Gasteiger partial charge in [0.25, 0.3) is 0 Å². The lowest BCUT2D eigenvalue weighted by Gasteiger charge is -2.26. The van der Waals surface area contributed by atoms with Gasteiger partial charge >= 0.3 is 0 Å². The molecule has 0 spiro atoms. The maximum Gasteiger partial charge on any atom is 0.146 e. The van der Waals surface area contributed by atoms with E-state index >= 15 is 0 Å². The summed E-state index contributed by atoms with van der Waals surface area (Å²) in [6.07, 6.45) is 0. The average Bonchev–Trinajstić information content (AvgIpc) is 2.63. The van der Waals surface area contributed by atoms with E-state index in [2.05, 4.69) is 0 Å². The number of aliphatic hydroxyl groups is 1. The Hall–Kier alpha value is -1.02. The lowest BCUT2D eigenvalue weighted by molar-refractivity contribution is 0.101. The number of hydrogen-bond donors (Lipinski definition) is 1. The van der Waals surface area contributed by atoms with Crippen molar-refractivity contribution in [2.45, 2.75) is 10.4 Å². The van der Waals surface area contributed by atoms with Crippen molar-refractivity contribution in [3.63, 3.8) is 0 Å². The summed E-state index contributed by atoms with van der Waals surface area (Å²) in [4.78, 5) is -0.896. The number of rotatable bonds is 1. The Morgan fingerprint density at radius 1 is 0.824 bits per heavy atom. The van der Waals surface area contributed by atoms with E-state index in [0.717, 1.165) is 22.3 Å². The van der Waals surface area contributed by atoms with Crippen molar-refractivity contribution in [2.24, 2.45) is 0 Å². The van der Waals surface area contributed by atoms with E-state index in [9.17, 15) is 5.11 Å². The van der Waals surface area contributed by atoms with Crippen molar-refractivity contribution in [3.8, 4) is 11.1 Å². The summed E-state index contributed by atoms with van der Waals surface area (Å²) in [5.74, 6) is 0. The van der Waals surface area contributed by atoms with E-state index in [0.29, 0.717) is 0 Å². The molecule has 1 aliphatic rings. The van der Waals surface area contributed by atoms with Crippen LogP contribution in [0.5, 0.6) is 0 Å². The van der Waals surface area contributed by atoms with Crippen molar-refractivity contribution >= 4 is 23.2 Å². The van der Waals surface area contributed by atoms with Crippen LogP contribution in [-0.2, 0) is 5.60 Å². The second-order valence-corrected chi connectivity index (χ2v) is 5.25. The van der Waals surface area contributed by atoms with Gasteiger partial charge < -0.3 is 5.11 Å². The third-order valence-corrected chi connectivity index (χ3v) is 3.91. The first-order chi connectivity index (χ1) is 8.15. The highest BCUT2D eigenvalue weighted by molar-refractivity contribution is 6.45. The molecule has 0 amide bonds. The summed E-state index contributed by atoms with van der Waals surface area (Å²) in [7, 11) is 0. The number of fused-ring (bicyclic) bond motifs is 3. The summed E-state index contributed by atoms with van der Waals surface area (Å²) < 4.78 is 0. The van der Waals surface area contributed by atoms with Crippen molar-refractivity contribution in [1.29, 1.82) is 0 Å². The normalized spacial score (nSPS) is 15.8. The first-order valence-corrected chi connectivity index (χ1v) is 6.23. The molecule has 2 aromatic rings. The summed E-state index contributed by atoms with van der Waals surface area (Å²) in [5.41, 5.74) is 2.23. The number of benzene rings is 2. The average molecular weight is 265 g/mol. The van der Waals surface area contributed by atoms with Gasteiger partial charge in [-0.05, 0) is 22.3 Å². The van der Waals surface area contributed by atoms with Crippen LogP contribution in [0, 0.1) is 0 Å². The first-order valence-electron chi connectivity index (χ1n) is 5.35. The molecule has 3 rings (SSSR count). The molecule has 3 heteroatoms. The van der Waals surface area contributed by atoms with E-state index < -0.39 is 10.4 Å². The summed E-state index contributed by atoms with van der Waals surface area (Å²) in [5, 5.41) is 10.8. The Morgan fingerprint density at radius 3 is 1.65 bits per heavy atom. The molecule has 1 nitrogen and oxygen atoms in total. The van der Waals surface area contributed by atoms with Crippen LogP contribution >= 0.6 is 23.2 Å². The molecule has 0 radical (unpaired) electrons. The Balaban J connectivity index is 2.39. The SMILES string of the molecule is OC1(C(Cl)Cl)c2ccccc2-c2ccccc21. The molecule has 0 heterocycles. The minimum Gasteiger partial charge on any atom is -0.377 e. The van der Waals surface area contributed by atoms with E-state index in [4.69, 9.17) is 23.2 Å². The van der Waals surface area contributed by atoms with E-state index in [1.807, 2.05) is 48.5 Å². The van der Waals surface area contributed by atoms with Crippen molar-refractivity contribution in [3.05, 3.63) is 59.7 Å². The number of halogens is 2. The highest BCUT2D eigenvalue weighted by atomic mass is 35.5. The van der Waals surface area contributed by atoms with E-state index in [1.165, 1.54) is 0 Å². The highest BCUT2D eigenvalue weighted by Gasteiger charge is 2.46. The minimum atomic E-state index is -1.31. The van der Waals surface area contributed by atoms with Gasteiger partial charge in [-0.15, -0.1) is 23.2 Å². The second kappa shape index (κ2) is 3.74. The zero-order chi connectivity index (χ0) is 12.0. The molecule has 1 aliphatic carbocycles. The molecule has 2 aromatic carbocycles. The van der Waals surface area contributed by atoms with Crippen LogP contribution in [0.2, 0.25) is 0 Å². The summed E-state index contributed by atoms with van der Waals surface area (Å²) >= 11 is 12.0. The Kier molecular flexibility index (Phi) is 2.44. The van der Waals surface area contributed by atoms with Crippen LogP contribution in [0.25, 0.3) is 11.1 Å². The van der Waals surface area contributed by atoms with Crippen molar-refractivity contribution < 1.29 is 5.11 Å². The lowest BCUT2D eigenvalue weighted by Crippen LogP contribution is -2.31. The summed E-state index contributed by atoms with van der Waals surface area (Å²) in [6.45, 7) is 0. The van der Waals surface area contributed by atoms with E-state index in [-0.39, 0.29) is 0 Å². The van der Waals surface area contributed by atoms with Crippen LogP contribution in [0.4, 0.5) is 0 Å². The standard InChI is InChI=1S/C14H10Cl2O/c15-13(16)14(17)11-7-3-1-5-9(11)10-6-2-4-8-12(10)14/h1-8,13,17H. The van der Waals surface area contributed by atoms with Crippen molar-refractivity contribution in [1.82, 2.24) is 0 Å². The monoisotopic (exact) mass is 264 g/mol. The maximum absolute atomic E-state index is 10.8. The van der Waals surface area contributed by atoms with Crippen LogP contribution in [0.15, 0.2) is 48.5 Å². The molecule has 0 atom stereocenters. The third kappa shape index (κ3) is 1.37. The predicted octanol–water partition coefficient (Wildman–Crippen LogP) is 3.71. The molecule has 0 unspecified atom stereocenters. The zero-order valence-corrected chi connectivity index (χ0v) is 10.4. The molecule has 0 aromatic heterocycles. The Labute approximate surface area is 110 Å². The molecule has 17 heavy (non-hydrogen) atoms. The second-order valence-electron chi connectivity index (χ2n) is 4.16. The molecular weight excluding hydrogens is 255 g/mol. The predicted molar refractivity (Wildman–Crippen MR) is 70.4 cm³/mol. The van der Waals surface area contributed by atoms with Crippen LogP contribution in [0.1, 0.15) is 11.1 Å². The van der Waals surface area contributed by atoms with Crippen LogP contribution in [0.3, 0.4) is 0 Å². The molecule has 0 fully saturated rings. The Bertz CT molecular complexity index is 532. The van der Waals surface area contributed by atoms with Crippen LogP contribution in [-0.4, -0.2) is 9.94 Å². The fourth-order valence-electron chi connectivity index (χ4n) is 2.48. The smallest absolute Gasteiger partial charge is 0.146 e. The van der Waals surface area contributed by atoms with Crippen molar-refractivity contribution in [2.75, 3.05) is 0 Å². The maximum atomic E-state index is 10.8.